The Bertz CT molecular complexity index is 1110. The Hall–Kier alpha value is -3.68. The van der Waals surface area contributed by atoms with E-state index in [1.54, 1.807) is 29.8 Å². The second-order valence-electron chi connectivity index (χ2n) is 8.01. The van der Waals surface area contributed by atoms with Gasteiger partial charge >= 0.3 is 5.69 Å². The largest absolute Gasteiger partial charge is 0.432 e. The molecule has 3 rings (SSSR count). The molecule has 0 fully saturated rings. The number of nitro benzene ring substituents is 1. The minimum atomic E-state index is -0.522. The smallest absolute Gasteiger partial charge is 0.311 e. The number of hydrogen-bond acceptors (Lipinski definition) is 5. The molecule has 0 saturated heterocycles. The van der Waals surface area contributed by atoms with Gasteiger partial charge in [0.1, 0.15) is 0 Å². The number of benzene rings is 2. The Morgan fingerprint density at radius 3 is 2.47 bits per heavy atom. The maximum Gasteiger partial charge on any atom is 0.311 e. The standard InChI is InChI=1S/C22H24N4O4/c1-14-9-8-10-16(13-14)23-20(27)19-15(2)21(25(24-19)22(3,4)5)30-18-12-7-6-11-17(18)26(28)29/h6-13H,1-5H3,(H,23,27). The molecule has 1 heterocycles. The van der Waals surface area contributed by atoms with Gasteiger partial charge in [0.15, 0.2) is 5.69 Å². The van der Waals surface area contributed by atoms with Crippen LogP contribution in [0.5, 0.6) is 11.6 Å². The number of rotatable bonds is 5. The lowest BCUT2D eigenvalue weighted by molar-refractivity contribution is -0.385. The van der Waals surface area contributed by atoms with Gasteiger partial charge in [-0.05, 0) is 58.4 Å². The topological polar surface area (TPSA) is 99.3 Å². The molecule has 1 amide bonds. The summed E-state index contributed by atoms with van der Waals surface area (Å²) < 4.78 is 7.51. The number of nitro groups is 1. The van der Waals surface area contributed by atoms with Crippen LogP contribution in [0, 0.1) is 24.0 Å². The van der Waals surface area contributed by atoms with Crippen LogP contribution < -0.4 is 10.1 Å². The Labute approximate surface area is 174 Å². The third-order valence-corrected chi connectivity index (χ3v) is 4.46. The molecule has 2 aromatic carbocycles. The van der Waals surface area contributed by atoms with Crippen molar-refractivity contribution in [3.05, 3.63) is 75.5 Å². The lowest BCUT2D eigenvalue weighted by Crippen LogP contribution is -2.24. The fourth-order valence-corrected chi connectivity index (χ4v) is 2.98. The van der Waals surface area contributed by atoms with Gasteiger partial charge in [-0.15, -0.1) is 0 Å². The molecule has 3 aromatic rings. The zero-order valence-corrected chi connectivity index (χ0v) is 17.6. The summed E-state index contributed by atoms with van der Waals surface area (Å²) in [4.78, 5) is 23.8. The van der Waals surface area contributed by atoms with E-state index in [1.165, 1.54) is 12.1 Å². The lowest BCUT2D eigenvalue weighted by Gasteiger charge is -2.22. The highest BCUT2D eigenvalue weighted by atomic mass is 16.6. The van der Waals surface area contributed by atoms with Gasteiger partial charge in [0.25, 0.3) is 5.91 Å². The quantitative estimate of drug-likeness (QED) is 0.462. The normalized spacial score (nSPS) is 11.2. The lowest BCUT2D eigenvalue weighted by atomic mass is 10.1. The monoisotopic (exact) mass is 408 g/mol. The maximum atomic E-state index is 12.9. The summed E-state index contributed by atoms with van der Waals surface area (Å²) in [6.45, 7) is 9.38. The molecule has 0 aliphatic carbocycles. The molecule has 0 saturated carbocycles. The predicted molar refractivity (Wildman–Crippen MR) is 114 cm³/mol. The van der Waals surface area contributed by atoms with Crippen molar-refractivity contribution in [3.63, 3.8) is 0 Å². The van der Waals surface area contributed by atoms with Crippen molar-refractivity contribution in [1.29, 1.82) is 0 Å². The van der Waals surface area contributed by atoms with Gasteiger partial charge in [-0.1, -0.05) is 24.3 Å². The van der Waals surface area contributed by atoms with Crippen LogP contribution in [0.15, 0.2) is 48.5 Å². The third kappa shape index (κ3) is 4.32. The summed E-state index contributed by atoms with van der Waals surface area (Å²) in [5.41, 5.74) is 1.68. The molecule has 1 N–H and O–H groups in total. The van der Waals surface area contributed by atoms with Crippen LogP contribution in [0.3, 0.4) is 0 Å². The second-order valence-corrected chi connectivity index (χ2v) is 8.01. The first-order valence-corrected chi connectivity index (χ1v) is 9.47. The minimum absolute atomic E-state index is 0.0849. The summed E-state index contributed by atoms with van der Waals surface area (Å²) in [5.74, 6) is -0.0126. The predicted octanol–water partition coefficient (Wildman–Crippen LogP) is 5.21. The fourth-order valence-electron chi connectivity index (χ4n) is 2.98. The van der Waals surface area contributed by atoms with Gasteiger partial charge in [0.05, 0.1) is 10.5 Å². The van der Waals surface area contributed by atoms with E-state index in [4.69, 9.17) is 4.74 Å². The molecule has 30 heavy (non-hydrogen) atoms. The summed E-state index contributed by atoms with van der Waals surface area (Å²) in [6, 6.07) is 13.6. The van der Waals surface area contributed by atoms with E-state index in [1.807, 2.05) is 45.9 Å². The number of carbonyl (C=O) groups is 1. The average Bonchev–Trinajstić information content (AvgIpc) is 2.99. The first kappa shape index (κ1) is 21.0. The van der Waals surface area contributed by atoms with E-state index in [0.717, 1.165) is 5.56 Å². The van der Waals surface area contributed by atoms with Gasteiger partial charge < -0.3 is 10.1 Å². The Kier molecular flexibility index (Phi) is 5.60. The number of nitrogens with one attached hydrogen (secondary N) is 1. The van der Waals surface area contributed by atoms with Crippen LogP contribution in [0.2, 0.25) is 0 Å². The summed E-state index contributed by atoms with van der Waals surface area (Å²) in [7, 11) is 0. The minimum Gasteiger partial charge on any atom is -0.432 e. The molecular formula is C22H24N4O4. The van der Waals surface area contributed by atoms with Gasteiger partial charge in [-0.3, -0.25) is 14.9 Å². The summed E-state index contributed by atoms with van der Waals surface area (Å²) >= 11 is 0. The van der Waals surface area contributed by atoms with Gasteiger partial charge in [-0.2, -0.15) is 5.10 Å². The van der Waals surface area contributed by atoms with E-state index >= 15 is 0 Å². The number of hydrogen-bond donors (Lipinski definition) is 1. The van der Waals surface area contributed by atoms with Crippen molar-refractivity contribution in [2.75, 3.05) is 5.32 Å². The maximum absolute atomic E-state index is 12.9. The average molecular weight is 408 g/mol. The third-order valence-electron chi connectivity index (χ3n) is 4.46. The van der Waals surface area contributed by atoms with Crippen molar-refractivity contribution in [2.24, 2.45) is 0 Å². The van der Waals surface area contributed by atoms with Crippen molar-refractivity contribution in [1.82, 2.24) is 9.78 Å². The highest BCUT2D eigenvalue weighted by Crippen LogP contribution is 2.36. The van der Waals surface area contributed by atoms with E-state index < -0.39 is 10.5 Å². The molecule has 0 atom stereocenters. The Morgan fingerprint density at radius 2 is 1.83 bits per heavy atom. The first-order chi connectivity index (χ1) is 14.1. The number of carbonyl (C=O) groups excluding carboxylic acids is 1. The number of ether oxygens (including phenoxy) is 1. The molecule has 156 valence electrons. The number of nitrogens with zero attached hydrogens (tertiary/aromatic N) is 3. The zero-order chi connectivity index (χ0) is 22.1. The molecule has 0 spiro atoms. The highest BCUT2D eigenvalue weighted by Gasteiger charge is 2.29. The zero-order valence-electron chi connectivity index (χ0n) is 17.6. The van der Waals surface area contributed by atoms with Crippen LogP contribution in [0.25, 0.3) is 0 Å². The summed E-state index contributed by atoms with van der Waals surface area (Å²) in [6.07, 6.45) is 0. The fraction of sp³-hybridized carbons (Fsp3) is 0.273. The number of aryl methyl sites for hydroxylation is 1. The molecule has 8 nitrogen and oxygen atoms in total. The SMILES string of the molecule is Cc1cccc(NC(=O)c2nn(C(C)(C)C)c(Oc3ccccc3[N+](=O)[O-])c2C)c1. The second kappa shape index (κ2) is 7.98. The van der Waals surface area contributed by atoms with Crippen LogP contribution in [-0.2, 0) is 5.54 Å². The van der Waals surface area contributed by atoms with Crippen molar-refractivity contribution >= 4 is 17.3 Å². The molecule has 8 heteroatoms. The van der Waals surface area contributed by atoms with Crippen molar-refractivity contribution in [2.45, 2.75) is 40.2 Å². The van der Waals surface area contributed by atoms with Crippen LogP contribution in [-0.4, -0.2) is 20.6 Å². The molecular weight excluding hydrogens is 384 g/mol. The number of anilines is 1. The molecule has 0 aliphatic rings. The Balaban J connectivity index is 2.03. The molecule has 0 radical (unpaired) electrons. The van der Waals surface area contributed by atoms with E-state index in [0.29, 0.717) is 11.3 Å². The van der Waals surface area contributed by atoms with Gasteiger partial charge in [-0.25, -0.2) is 4.68 Å². The number of para-hydroxylation sites is 2. The van der Waals surface area contributed by atoms with E-state index in [-0.39, 0.29) is 28.9 Å². The molecule has 0 bridgehead atoms. The van der Waals surface area contributed by atoms with Crippen molar-refractivity contribution < 1.29 is 14.5 Å². The van der Waals surface area contributed by atoms with Crippen LogP contribution >= 0.6 is 0 Å². The van der Waals surface area contributed by atoms with Crippen LogP contribution in [0.4, 0.5) is 11.4 Å². The van der Waals surface area contributed by atoms with Gasteiger partial charge in [0.2, 0.25) is 11.6 Å². The summed E-state index contributed by atoms with van der Waals surface area (Å²) in [5, 5.41) is 18.7. The first-order valence-electron chi connectivity index (χ1n) is 9.47. The highest BCUT2D eigenvalue weighted by molar-refractivity contribution is 6.04. The van der Waals surface area contributed by atoms with E-state index in [2.05, 4.69) is 10.4 Å². The molecule has 1 aromatic heterocycles. The van der Waals surface area contributed by atoms with Gasteiger partial charge in [0, 0.05) is 17.3 Å². The van der Waals surface area contributed by atoms with Crippen molar-refractivity contribution in [3.8, 4) is 11.6 Å². The molecule has 0 aliphatic heterocycles. The number of aromatic nitrogens is 2. The molecule has 0 unspecified atom stereocenters. The van der Waals surface area contributed by atoms with Crippen LogP contribution in [0.1, 0.15) is 42.4 Å². The number of amides is 1. The Morgan fingerprint density at radius 1 is 1.13 bits per heavy atom. The van der Waals surface area contributed by atoms with E-state index in [9.17, 15) is 14.9 Å².